The summed E-state index contributed by atoms with van der Waals surface area (Å²) in [6, 6.07) is 12.7. The molecule has 0 aliphatic rings. The highest BCUT2D eigenvalue weighted by atomic mass is 28.4. The Labute approximate surface area is 352 Å². The smallest absolute Gasteiger partial charge is 0.490 e. The maximum Gasteiger partial charge on any atom is 0.490 e. The van der Waals surface area contributed by atoms with Crippen molar-refractivity contribution in [3.8, 4) is 17.2 Å². The molecule has 320 valence electrons. The van der Waals surface area contributed by atoms with Crippen LogP contribution in [0.15, 0.2) is 66.1 Å². The topological polar surface area (TPSA) is 135 Å². The number of unbranched alkanes of at least 4 members (excludes halogenated alkanes) is 9. The molecule has 0 unspecified atom stereocenters. The van der Waals surface area contributed by atoms with Gasteiger partial charge >= 0.3 is 8.56 Å². The highest BCUT2D eigenvalue weighted by Crippen LogP contribution is 2.33. The van der Waals surface area contributed by atoms with E-state index in [0.29, 0.717) is 23.3 Å². The van der Waals surface area contributed by atoms with Gasteiger partial charge in [0, 0.05) is 22.7 Å². The van der Waals surface area contributed by atoms with Gasteiger partial charge in [0.05, 0.1) is 19.6 Å². The summed E-state index contributed by atoms with van der Waals surface area (Å²) in [5.41, 5.74) is 8.76. The number of benzene rings is 3. The standard InChI is InChI=1S/C48H76N6O3Si/c1-8-15-18-21-24-43-37(12-5)27-30-40(46(43)55)34-49-52-58(33-11-4,53-50-35-41-31-28-38(13-6)44(47(41)56)25-22-19-16-9-2)54-51-36-42-32-29-39(14-7)45(48(42)57)26-23-20-17-10-3/h27-32,55-57H,8-26,33-36H2,1-7H3. The second-order valence-corrected chi connectivity index (χ2v) is 18.5. The lowest BCUT2D eigenvalue weighted by molar-refractivity contribution is 0.457. The zero-order valence-electron chi connectivity index (χ0n) is 37.3. The number of hydrogen-bond acceptors (Lipinski definition) is 9. The van der Waals surface area contributed by atoms with Crippen molar-refractivity contribution < 1.29 is 15.3 Å². The minimum Gasteiger partial charge on any atom is -0.507 e. The van der Waals surface area contributed by atoms with Crippen molar-refractivity contribution in [2.45, 2.75) is 196 Å². The zero-order valence-corrected chi connectivity index (χ0v) is 38.3. The van der Waals surface area contributed by atoms with E-state index in [1.54, 1.807) is 0 Å². The van der Waals surface area contributed by atoms with E-state index >= 15 is 0 Å². The van der Waals surface area contributed by atoms with Crippen LogP contribution in [0.25, 0.3) is 0 Å². The molecule has 0 aliphatic heterocycles. The Hall–Kier alpha value is -3.92. The van der Waals surface area contributed by atoms with Gasteiger partial charge in [0.15, 0.2) is 0 Å². The van der Waals surface area contributed by atoms with E-state index in [4.69, 9.17) is 14.3 Å². The molecule has 58 heavy (non-hydrogen) atoms. The van der Waals surface area contributed by atoms with Crippen LogP contribution >= 0.6 is 0 Å². The summed E-state index contributed by atoms with van der Waals surface area (Å²) in [7, 11) is -3.36. The third-order valence-corrected chi connectivity index (χ3v) is 13.9. The predicted molar refractivity (Wildman–Crippen MR) is 243 cm³/mol. The number of aromatic hydroxyl groups is 3. The monoisotopic (exact) mass is 813 g/mol. The van der Waals surface area contributed by atoms with Gasteiger partial charge in [-0.2, -0.15) is 29.7 Å². The summed E-state index contributed by atoms with van der Waals surface area (Å²) in [4.78, 5) is 0. The second-order valence-electron chi connectivity index (χ2n) is 15.8. The van der Waals surface area contributed by atoms with Gasteiger partial charge in [0.1, 0.15) is 17.2 Å². The first-order valence-electron chi connectivity index (χ1n) is 22.9. The molecule has 0 aliphatic carbocycles. The number of aryl methyl sites for hydroxylation is 3. The van der Waals surface area contributed by atoms with Crippen LogP contribution in [0.5, 0.6) is 17.2 Å². The molecular formula is C48H76N6O3Si. The van der Waals surface area contributed by atoms with E-state index in [1.165, 1.54) is 55.2 Å². The van der Waals surface area contributed by atoms with Crippen LogP contribution in [-0.2, 0) is 58.2 Å². The van der Waals surface area contributed by atoms with E-state index in [0.717, 1.165) is 117 Å². The van der Waals surface area contributed by atoms with Crippen molar-refractivity contribution in [3.05, 3.63) is 86.5 Å². The molecular weight excluding hydrogens is 737 g/mol. The number of hydrogen-bond donors (Lipinski definition) is 3. The van der Waals surface area contributed by atoms with Crippen molar-refractivity contribution in [2.75, 3.05) is 0 Å². The van der Waals surface area contributed by atoms with Crippen molar-refractivity contribution in [2.24, 2.45) is 29.7 Å². The number of phenolic OH excluding ortho intramolecular Hbond substituents is 3. The maximum atomic E-state index is 11.4. The quantitative estimate of drug-likeness (QED) is 0.0366. The van der Waals surface area contributed by atoms with E-state index in [1.807, 2.05) is 18.2 Å². The van der Waals surface area contributed by atoms with Crippen LogP contribution in [-0.4, -0.2) is 23.9 Å². The average Bonchev–Trinajstić information content (AvgIpc) is 3.22. The molecule has 0 spiro atoms. The maximum absolute atomic E-state index is 11.4. The van der Waals surface area contributed by atoms with E-state index in [-0.39, 0.29) is 19.6 Å². The zero-order chi connectivity index (χ0) is 42.2. The summed E-state index contributed by atoms with van der Waals surface area (Å²) in [5, 5.41) is 48.3. The number of rotatable bonds is 29. The summed E-state index contributed by atoms with van der Waals surface area (Å²) in [5.74, 6) is 0.941. The largest absolute Gasteiger partial charge is 0.507 e. The highest BCUT2D eigenvalue weighted by Gasteiger charge is 2.36. The molecule has 0 saturated carbocycles. The fraction of sp³-hybridized carbons (Fsp3) is 0.625. The van der Waals surface area contributed by atoms with Gasteiger partial charge in [-0.15, -0.1) is 0 Å². The molecule has 3 aromatic carbocycles. The Morgan fingerprint density at radius 3 is 0.931 bits per heavy atom. The lowest BCUT2D eigenvalue weighted by Crippen LogP contribution is -2.26. The normalized spacial score (nSPS) is 13.1. The second kappa shape index (κ2) is 27.0. The first kappa shape index (κ1) is 48.4. The minimum absolute atomic E-state index is 0.197. The average molecular weight is 813 g/mol. The Kier molecular flexibility index (Phi) is 22.5. The molecule has 0 amide bonds. The molecule has 0 saturated heterocycles. The van der Waals surface area contributed by atoms with Crippen molar-refractivity contribution in [3.63, 3.8) is 0 Å². The molecule has 0 fully saturated rings. The van der Waals surface area contributed by atoms with Crippen molar-refractivity contribution in [1.29, 1.82) is 0 Å². The summed E-state index contributed by atoms with van der Waals surface area (Å²) >= 11 is 0. The summed E-state index contributed by atoms with van der Waals surface area (Å²) < 4.78 is 14.6. The first-order valence-corrected chi connectivity index (χ1v) is 24.9. The van der Waals surface area contributed by atoms with Crippen LogP contribution in [0.2, 0.25) is 6.04 Å². The van der Waals surface area contributed by atoms with Gasteiger partial charge in [-0.3, -0.25) is 0 Å². The third kappa shape index (κ3) is 14.7. The van der Waals surface area contributed by atoms with Crippen molar-refractivity contribution in [1.82, 2.24) is 0 Å². The molecule has 3 N–H and O–H groups in total. The van der Waals surface area contributed by atoms with Crippen LogP contribution in [0.4, 0.5) is 0 Å². The fourth-order valence-electron chi connectivity index (χ4n) is 7.80. The van der Waals surface area contributed by atoms with Gasteiger partial charge < -0.3 is 15.3 Å². The van der Waals surface area contributed by atoms with Gasteiger partial charge in [0.25, 0.3) is 0 Å². The summed E-state index contributed by atoms with van der Waals surface area (Å²) in [6.45, 7) is 15.7. The van der Waals surface area contributed by atoms with E-state index in [2.05, 4.69) is 82.0 Å². The van der Waals surface area contributed by atoms with Crippen LogP contribution < -0.4 is 0 Å². The molecule has 9 nitrogen and oxygen atoms in total. The molecule has 0 heterocycles. The van der Waals surface area contributed by atoms with Gasteiger partial charge in [-0.05, 0) is 91.2 Å². The van der Waals surface area contributed by atoms with Gasteiger partial charge in [-0.25, -0.2) is 0 Å². The highest BCUT2D eigenvalue weighted by molar-refractivity contribution is 6.74. The van der Waals surface area contributed by atoms with Crippen LogP contribution in [0.1, 0.15) is 182 Å². The molecule has 0 aromatic heterocycles. The Morgan fingerprint density at radius 1 is 0.379 bits per heavy atom. The van der Waals surface area contributed by atoms with E-state index < -0.39 is 8.56 Å². The summed E-state index contributed by atoms with van der Waals surface area (Å²) in [6.07, 6.45) is 19.5. The number of nitrogens with zero attached hydrogens (tertiary/aromatic N) is 6. The first-order chi connectivity index (χ1) is 28.2. The fourth-order valence-corrected chi connectivity index (χ4v) is 9.78. The molecule has 0 radical (unpaired) electrons. The van der Waals surface area contributed by atoms with Crippen LogP contribution in [0.3, 0.4) is 0 Å². The van der Waals surface area contributed by atoms with Gasteiger partial charge in [-0.1, -0.05) is 149 Å². The Bertz CT molecular complexity index is 1560. The Balaban J connectivity index is 1.99. The lowest BCUT2D eigenvalue weighted by Gasteiger charge is -2.16. The van der Waals surface area contributed by atoms with Crippen LogP contribution in [0, 0.1) is 0 Å². The van der Waals surface area contributed by atoms with Gasteiger partial charge in [0.2, 0.25) is 0 Å². The minimum atomic E-state index is -3.36. The molecule has 3 aromatic rings. The van der Waals surface area contributed by atoms with Crippen molar-refractivity contribution >= 4 is 8.56 Å². The number of phenols is 3. The third-order valence-electron chi connectivity index (χ3n) is 11.4. The predicted octanol–water partition coefficient (Wildman–Crippen LogP) is 14.5. The molecule has 0 atom stereocenters. The molecule has 10 heteroatoms. The SMILES string of the molecule is CCCCCCc1c(CC)ccc(CN=N[Si](CCC)(N=NCc2ccc(CC)c(CCCCCC)c2O)N=NCc2ccc(CC)c(CCCCCC)c2O)c1O. The van der Waals surface area contributed by atoms with E-state index in [9.17, 15) is 15.3 Å². The lowest BCUT2D eigenvalue weighted by atomic mass is 9.95. The Morgan fingerprint density at radius 2 is 0.672 bits per heavy atom. The molecule has 0 bridgehead atoms. The molecule has 3 rings (SSSR count).